The Morgan fingerprint density at radius 2 is 2.04 bits per heavy atom. The lowest BCUT2D eigenvalue weighted by Crippen LogP contribution is -2.36. The Morgan fingerprint density at radius 3 is 2.73 bits per heavy atom. The van der Waals surface area contributed by atoms with Gasteiger partial charge in [0, 0.05) is 30.5 Å². The summed E-state index contributed by atoms with van der Waals surface area (Å²) >= 11 is 6.39. The smallest absolute Gasteiger partial charge is 0.306 e. The van der Waals surface area contributed by atoms with Gasteiger partial charge in [-0.3, -0.25) is 9.78 Å². The number of nitrogens with one attached hydrogen (secondary N) is 1. The highest BCUT2D eigenvalue weighted by atomic mass is 35.5. The lowest BCUT2D eigenvalue weighted by molar-refractivity contribution is -0.142. The molecule has 0 amide bonds. The van der Waals surface area contributed by atoms with Crippen LogP contribution in [0.15, 0.2) is 36.7 Å². The van der Waals surface area contributed by atoms with Crippen LogP contribution < -0.4 is 4.90 Å². The molecule has 0 saturated carbocycles. The summed E-state index contributed by atoms with van der Waals surface area (Å²) in [5, 5.41) is 9.76. The number of carboxylic acids is 1. The molecular formula is C18H18Cl2N4O2. The largest absolute Gasteiger partial charge is 0.481 e. The first kappa shape index (κ1) is 18.5. The summed E-state index contributed by atoms with van der Waals surface area (Å²) < 4.78 is 0. The van der Waals surface area contributed by atoms with Crippen LogP contribution in [0.5, 0.6) is 0 Å². The molecule has 0 aliphatic carbocycles. The molecule has 0 unspecified atom stereocenters. The standard InChI is InChI=1S/C18H17ClN4O2.ClH/c19-14-2-1-12(23-7-4-11(5-8-23)18(24)25)9-13(14)17-21-15-3-6-20-10-16(15)22-17;/h1-3,6,9-11H,4-5,7-8H2,(H,21,22)(H,24,25);1H. The second-order valence-corrected chi connectivity index (χ2v) is 6.65. The van der Waals surface area contributed by atoms with E-state index in [1.807, 2.05) is 24.3 Å². The van der Waals surface area contributed by atoms with E-state index in [-0.39, 0.29) is 18.3 Å². The number of aliphatic carboxylic acids is 1. The Kier molecular flexibility index (Phi) is 5.34. The number of fused-ring (bicyclic) bond motifs is 1. The van der Waals surface area contributed by atoms with Crippen LogP contribution in [0.1, 0.15) is 12.8 Å². The van der Waals surface area contributed by atoms with Crippen molar-refractivity contribution < 1.29 is 9.90 Å². The van der Waals surface area contributed by atoms with Crippen molar-refractivity contribution in [3.05, 3.63) is 41.7 Å². The predicted octanol–water partition coefficient (Wildman–Crippen LogP) is 4.00. The van der Waals surface area contributed by atoms with Gasteiger partial charge >= 0.3 is 5.97 Å². The molecule has 2 aromatic heterocycles. The molecule has 4 rings (SSSR count). The number of imidazole rings is 1. The van der Waals surface area contributed by atoms with Crippen LogP contribution in [0.25, 0.3) is 22.4 Å². The van der Waals surface area contributed by atoms with Crippen LogP contribution in [0.3, 0.4) is 0 Å². The molecule has 1 saturated heterocycles. The quantitative estimate of drug-likeness (QED) is 0.703. The van der Waals surface area contributed by atoms with Crippen LogP contribution in [0.4, 0.5) is 5.69 Å². The Balaban J connectivity index is 0.00000196. The van der Waals surface area contributed by atoms with Gasteiger partial charge in [0.05, 0.1) is 28.2 Å². The van der Waals surface area contributed by atoms with E-state index in [1.54, 1.807) is 12.4 Å². The number of nitrogens with zero attached hydrogens (tertiary/aromatic N) is 3. The number of hydrogen-bond donors (Lipinski definition) is 2. The zero-order chi connectivity index (χ0) is 17.4. The molecule has 2 N–H and O–H groups in total. The summed E-state index contributed by atoms with van der Waals surface area (Å²) in [6.45, 7) is 1.45. The molecular weight excluding hydrogens is 375 g/mol. The molecule has 3 heterocycles. The molecule has 0 radical (unpaired) electrons. The molecule has 1 aliphatic rings. The third kappa shape index (κ3) is 3.48. The van der Waals surface area contributed by atoms with E-state index in [0.29, 0.717) is 23.7 Å². The maximum Gasteiger partial charge on any atom is 0.306 e. The number of rotatable bonds is 3. The number of halogens is 2. The number of hydrogen-bond acceptors (Lipinski definition) is 4. The zero-order valence-electron chi connectivity index (χ0n) is 13.9. The Labute approximate surface area is 161 Å². The number of piperidine rings is 1. The Morgan fingerprint density at radius 1 is 1.27 bits per heavy atom. The molecule has 1 aromatic carbocycles. The summed E-state index contributed by atoms with van der Waals surface area (Å²) in [5.41, 5.74) is 3.56. The topological polar surface area (TPSA) is 82.1 Å². The second kappa shape index (κ2) is 7.51. The van der Waals surface area contributed by atoms with Crippen molar-refractivity contribution in [3.8, 4) is 11.4 Å². The minimum Gasteiger partial charge on any atom is -0.481 e. The minimum atomic E-state index is -0.702. The molecule has 3 aromatic rings. The van der Waals surface area contributed by atoms with Crippen molar-refractivity contribution in [2.75, 3.05) is 18.0 Å². The number of aromatic amines is 1. The molecule has 26 heavy (non-hydrogen) atoms. The molecule has 0 atom stereocenters. The van der Waals surface area contributed by atoms with Gasteiger partial charge in [-0.15, -0.1) is 12.4 Å². The van der Waals surface area contributed by atoms with Crippen molar-refractivity contribution in [1.29, 1.82) is 0 Å². The van der Waals surface area contributed by atoms with Gasteiger partial charge in [0.1, 0.15) is 5.82 Å². The van der Waals surface area contributed by atoms with E-state index >= 15 is 0 Å². The summed E-state index contributed by atoms with van der Waals surface area (Å²) in [5.74, 6) is -0.242. The van der Waals surface area contributed by atoms with Crippen molar-refractivity contribution >= 4 is 46.7 Å². The number of carbonyl (C=O) groups is 1. The first-order valence-electron chi connectivity index (χ1n) is 8.19. The van der Waals surface area contributed by atoms with Crippen LogP contribution >= 0.6 is 24.0 Å². The number of H-pyrrole nitrogens is 1. The van der Waals surface area contributed by atoms with Gasteiger partial charge in [-0.05, 0) is 37.1 Å². The SMILES string of the molecule is Cl.O=C(O)C1CCN(c2ccc(Cl)c(-c3nc4ccncc4[nH]3)c2)CC1. The average Bonchev–Trinajstić information content (AvgIpc) is 3.06. The van der Waals surface area contributed by atoms with Crippen LogP contribution in [-0.2, 0) is 4.79 Å². The first-order chi connectivity index (χ1) is 12.1. The molecule has 1 aliphatic heterocycles. The number of benzene rings is 1. The molecule has 6 nitrogen and oxygen atoms in total. The van der Waals surface area contributed by atoms with Crippen molar-refractivity contribution in [1.82, 2.24) is 15.0 Å². The van der Waals surface area contributed by atoms with Gasteiger partial charge in [0.15, 0.2) is 0 Å². The van der Waals surface area contributed by atoms with Gasteiger partial charge in [-0.2, -0.15) is 0 Å². The lowest BCUT2D eigenvalue weighted by atomic mass is 9.96. The molecule has 0 spiro atoms. The molecule has 8 heteroatoms. The summed E-state index contributed by atoms with van der Waals surface area (Å²) in [6.07, 6.45) is 4.76. The minimum absolute atomic E-state index is 0. The number of pyridine rings is 1. The monoisotopic (exact) mass is 392 g/mol. The Bertz CT molecular complexity index is 903. The van der Waals surface area contributed by atoms with E-state index in [0.717, 1.165) is 35.4 Å². The van der Waals surface area contributed by atoms with Crippen LogP contribution in [0.2, 0.25) is 5.02 Å². The van der Waals surface area contributed by atoms with Gasteiger partial charge < -0.3 is 15.0 Å². The van der Waals surface area contributed by atoms with Crippen molar-refractivity contribution in [2.45, 2.75) is 12.8 Å². The fraction of sp³-hybridized carbons (Fsp3) is 0.278. The Hall–Kier alpha value is -2.31. The highest BCUT2D eigenvalue weighted by Gasteiger charge is 2.25. The maximum absolute atomic E-state index is 11.1. The molecule has 136 valence electrons. The molecule has 1 fully saturated rings. The molecule has 0 bridgehead atoms. The fourth-order valence-corrected chi connectivity index (χ4v) is 3.47. The predicted molar refractivity (Wildman–Crippen MR) is 104 cm³/mol. The second-order valence-electron chi connectivity index (χ2n) is 6.24. The van der Waals surface area contributed by atoms with E-state index in [1.165, 1.54) is 0 Å². The third-order valence-corrected chi connectivity index (χ3v) is 5.03. The average molecular weight is 393 g/mol. The van der Waals surface area contributed by atoms with Gasteiger partial charge in [0.25, 0.3) is 0 Å². The maximum atomic E-state index is 11.1. The van der Waals surface area contributed by atoms with Crippen molar-refractivity contribution in [2.24, 2.45) is 5.92 Å². The fourth-order valence-electron chi connectivity index (χ4n) is 3.26. The summed E-state index contributed by atoms with van der Waals surface area (Å²) in [4.78, 5) is 25.2. The number of aromatic nitrogens is 3. The normalized spacial score (nSPS) is 15.0. The third-order valence-electron chi connectivity index (χ3n) is 4.70. The summed E-state index contributed by atoms with van der Waals surface area (Å²) in [7, 11) is 0. The van der Waals surface area contributed by atoms with Crippen LogP contribution in [-0.4, -0.2) is 39.1 Å². The zero-order valence-corrected chi connectivity index (χ0v) is 15.4. The van der Waals surface area contributed by atoms with E-state index in [4.69, 9.17) is 16.7 Å². The number of carboxylic acid groups (broad SMARTS) is 1. The van der Waals surface area contributed by atoms with E-state index in [2.05, 4.69) is 19.9 Å². The van der Waals surface area contributed by atoms with Gasteiger partial charge in [0.2, 0.25) is 0 Å². The van der Waals surface area contributed by atoms with E-state index < -0.39 is 5.97 Å². The summed E-state index contributed by atoms with van der Waals surface area (Å²) in [6, 6.07) is 7.69. The lowest BCUT2D eigenvalue weighted by Gasteiger charge is -2.32. The van der Waals surface area contributed by atoms with Gasteiger partial charge in [-0.1, -0.05) is 11.6 Å². The highest BCUT2D eigenvalue weighted by Crippen LogP contribution is 2.33. The highest BCUT2D eigenvalue weighted by molar-refractivity contribution is 6.33. The van der Waals surface area contributed by atoms with E-state index in [9.17, 15) is 4.79 Å². The number of anilines is 1. The van der Waals surface area contributed by atoms with Crippen LogP contribution in [0, 0.1) is 5.92 Å². The van der Waals surface area contributed by atoms with Gasteiger partial charge in [-0.25, -0.2) is 4.98 Å². The first-order valence-corrected chi connectivity index (χ1v) is 8.57. The van der Waals surface area contributed by atoms with Crippen molar-refractivity contribution in [3.63, 3.8) is 0 Å².